The molecule has 0 radical (unpaired) electrons. The van der Waals surface area contributed by atoms with Gasteiger partial charge in [-0.2, -0.15) is 5.10 Å². The van der Waals surface area contributed by atoms with E-state index >= 15 is 0 Å². The lowest BCUT2D eigenvalue weighted by Crippen LogP contribution is -2.17. The number of sulfonamides is 1. The van der Waals surface area contributed by atoms with Crippen molar-refractivity contribution in [3.8, 4) is 0 Å². The van der Waals surface area contributed by atoms with Crippen LogP contribution < -0.4 is 10.0 Å². The molecule has 0 amide bonds. The Bertz CT molecular complexity index is 696. The van der Waals surface area contributed by atoms with Crippen molar-refractivity contribution in [2.75, 3.05) is 11.8 Å². The van der Waals surface area contributed by atoms with E-state index < -0.39 is 10.0 Å². The number of aryl methyl sites for hydroxylation is 3. The minimum atomic E-state index is -3.61. The van der Waals surface area contributed by atoms with Gasteiger partial charge in [0.2, 0.25) is 0 Å². The van der Waals surface area contributed by atoms with Crippen LogP contribution in [-0.4, -0.2) is 25.7 Å². The van der Waals surface area contributed by atoms with Crippen molar-refractivity contribution in [1.29, 1.82) is 0 Å². The lowest BCUT2D eigenvalue weighted by molar-refractivity contribution is 0.599. The largest absolute Gasteiger partial charge is 0.315 e. The highest BCUT2D eigenvalue weighted by Gasteiger charge is 2.24. The molecule has 0 unspecified atom stereocenters. The molecule has 0 fully saturated rings. The molecule has 20 heavy (non-hydrogen) atoms. The highest BCUT2D eigenvalue weighted by atomic mass is 32.2. The normalized spacial score (nSPS) is 11.8. The molecule has 0 atom stereocenters. The van der Waals surface area contributed by atoms with E-state index in [0.29, 0.717) is 28.5 Å². The fourth-order valence-electron chi connectivity index (χ4n) is 2.02. The van der Waals surface area contributed by atoms with Gasteiger partial charge < -0.3 is 5.32 Å². The number of nitrogens with zero attached hydrogens (tertiary/aromatic N) is 1. The van der Waals surface area contributed by atoms with E-state index in [9.17, 15) is 8.42 Å². The highest BCUT2D eigenvalue weighted by molar-refractivity contribution is 7.93. The topological polar surface area (TPSA) is 86.9 Å². The van der Waals surface area contributed by atoms with E-state index in [0.717, 1.165) is 10.4 Å². The molecule has 0 aliphatic rings. The van der Waals surface area contributed by atoms with E-state index in [4.69, 9.17) is 0 Å². The van der Waals surface area contributed by atoms with Crippen molar-refractivity contribution >= 4 is 27.0 Å². The van der Waals surface area contributed by atoms with Crippen LogP contribution >= 0.6 is 11.3 Å². The van der Waals surface area contributed by atoms with E-state index in [1.807, 2.05) is 5.38 Å². The van der Waals surface area contributed by atoms with Gasteiger partial charge >= 0.3 is 0 Å². The van der Waals surface area contributed by atoms with Crippen LogP contribution in [0.25, 0.3) is 0 Å². The summed E-state index contributed by atoms with van der Waals surface area (Å²) in [7, 11) is -1.81. The van der Waals surface area contributed by atoms with Gasteiger partial charge in [-0.05, 0) is 38.8 Å². The zero-order valence-electron chi connectivity index (χ0n) is 11.9. The molecule has 0 aliphatic heterocycles. The maximum Gasteiger partial charge on any atom is 0.263 e. The van der Waals surface area contributed by atoms with Gasteiger partial charge in [0.05, 0.1) is 17.1 Å². The number of aromatic nitrogens is 2. The van der Waals surface area contributed by atoms with Crippen molar-refractivity contribution < 1.29 is 8.42 Å². The lowest BCUT2D eigenvalue weighted by atomic mass is 10.3. The van der Waals surface area contributed by atoms with Gasteiger partial charge in [-0.15, -0.1) is 11.3 Å². The third kappa shape index (κ3) is 2.72. The molecule has 110 valence electrons. The summed E-state index contributed by atoms with van der Waals surface area (Å²) in [6.07, 6.45) is 0. The molecule has 2 aromatic rings. The molecular formula is C12H18N4O2S2. The molecule has 0 aliphatic carbocycles. The number of anilines is 1. The Morgan fingerprint density at radius 3 is 2.60 bits per heavy atom. The molecule has 6 nitrogen and oxygen atoms in total. The highest BCUT2D eigenvalue weighted by Crippen LogP contribution is 2.29. The number of hydrogen-bond acceptors (Lipinski definition) is 5. The Labute approximate surface area is 122 Å². The summed E-state index contributed by atoms with van der Waals surface area (Å²) in [5.41, 5.74) is 2.61. The number of aromatic amines is 1. The van der Waals surface area contributed by atoms with Gasteiger partial charge in [-0.3, -0.25) is 9.82 Å². The van der Waals surface area contributed by atoms with Gasteiger partial charge in [0, 0.05) is 11.4 Å². The fraction of sp³-hybridized carbons (Fsp3) is 0.417. The Hall–Kier alpha value is -1.38. The third-order valence-electron chi connectivity index (χ3n) is 2.96. The third-order valence-corrected chi connectivity index (χ3v) is 5.77. The monoisotopic (exact) mass is 314 g/mol. The van der Waals surface area contributed by atoms with E-state index in [1.54, 1.807) is 27.8 Å². The summed E-state index contributed by atoms with van der Waals surface area (Å²) < 4.78 is 27.8. The molecule has 0 saturated heterocycles. The number of thiophene rings is 1. The van der Waals surface area contributed by atoms with E-state index in [1.165, 1.54) is 11.3 Å². The van der Waals surface area contributed by atoms with Crippen LogP contribution in [0.5, 0.6) is 0 Å². The first-order chi connectivity index (χ1) is 9.36. The Balaban J connectivity index is 2.43. The predicted molar refractivity (Wildman–Crippen MR) is 80.7 cm³/mol. The van der Waals surface area contributed by atoms with Crippen LogP contribution in [0, 0.1) is 20.8 Å². The van der Waals surface area contributed by atoms with Gasteiger partial charge in [-0.1, -0.05) is 0 Å². The predicted octanol–water partition coefficient (Wildman–Crippen LogP) is 1.92. The summed E-state index contributed by atoms with van der Waals surface area (Å²) in [4.78, 5) is 1.16. The SMILES string of the molecule is CNCc1scc(C)c1S(=O)(=O)Nc1c(C)n[nH]c1C. The summed E-state index contributed by atoms with van der Waals surface area (Å²) in [5.74, 6) is 0. The number of nitrogens with one attached hydrogen (secondary N) is 3. The quantitative estimate of drug-likeness (QED) is 0.787. The second-order valence-corrected chi connectivity index (χ2v) is 7.20. The molecule has 0 aromatic carbocycles. The second kappa shape index (κ2) is 5.55. The van der Waals surface area contributed by atoms with Crippen LogP contribution in [0.15, 0.2) is 10.3 Å². The summed E-state index contributed by atoms with van der Waals surface area (Å²) in [6, 6.07) is 0. The first-order valence-electron chi connectivity index (χ1n) is 6.12. The number of H-pyrrole nitrogens is 1. The van der Waals surface area contributed by atoms with Gasteiger partial charge in [0.25, 0.3) is 10.0 Å². The zero-order valence-corrected chi connectivity index (χ0v) is 13.5. The first kappa shape index (κ1) is 15.0. The van der Waals surface area contributed by atoms with Crippen molar-refractivity contribution in [2.45, 2.75) is 32.2 Å². The minimum Gasteiger partial charge on any atom is -0.315 e. The Morgan fingerprint density at radius 2 is 2.05 bits per heavy atom. The summed E-state index contributed by atoms with van der Waals surface area (Å²) >= 11 is 1.44. The van der Waals surface area contributed by atoms with Crippen LogP contribution in [0.4, 0.5) is 5.69 Å². The second-order valence-electron chi connectivity index (χ2n) is 4.62. The number of hydrogen-bond donors (Lipinski definition) is 3. The van der Waals surface area contributed by atoms with Gasteiger partial charge in [-0.25, -0.2) is 8.42 Å². The first-order valence-corrected chi connectivity index (χ1v) is 8.49. The average Bonchev–Trinajstić information content (AvgIpc) is 2.88. The fourth-order valence-corrected chi connectivity index (χ4v) is 5.02. The van der Waals surface area contributed by atoms with Crippen molar-refractivity contribution in [3.05, 3.63) is 27.2 Å². The molecule has 0 saturated carbocycles. The average molecular weight is 314 g/mol. The molecule has 0 spiro atoms. The molecule has 3 N–H and O–H groups in total. The Morgan fingerprint density at radius 1 is 1.35 bits per heavy atom. The van der Waals surface area contributed by atoms with Crippen molar-refractivity contribution in [3.63, 3.8) is 0 Å². The van der Waals surface area contributed by atoms with Gasteiger partial charge in [0.1, 0.15) is 4.90 Å². The molecule has 0 bridgehead atoms. The standard InChI is InChI=1S/C12H18N4O2S2/c1-7-6-19-10(5-13-4)12(7)20(17,18)16-11-8(2)14-15-9(11)3/h6,13,16H,5H2,1-4H3,(H,14,15). The zero-order chi connectivity index (χ0) is 14.9. The summed E-state index contributed by atoms with van der Waals surface area (Å²) in [6.45, 7) is 5.88. The van der Waals surface area contributed by atoms with E-state index in [2.05, 4.69) is 20.2 Å². The maximum absolute atomic E-state index is 12.6. The van der Waals surface area contributed by atoms with Crippen molar-refractivity contribution in [1.82, 2.24) is 15.5 Å². The smallest absolute Gasteiger partial charge is 0.263 e. The van der Waals surface area contributed by atoms with Crippen LogP contribution in [0.3, 0.4) is 0 Å². The Kier molecular flexibility index (Phi) is 4.17. The number of rotatable bonds is 5. The van der Waals surface area contributed by atoms with Gasteiger partial charge in [0.15, 0.2) is 0 Å². The van der Waals surface area contributed by atoms with Crippen LogP contribution in [0.1, 0.15) is 21.8 Å². The van der Waals surface area contributed by atoms with Crippen LogP contribution in [-0.2, 0) is 16.6 Å². The molecule has 2 rings (SSSR count). The molecule has 8 heteroatoms. The minimum absolute atomic E-state index is 0.358. The molecule has 2 heterocycles. The summed E-state index contributed by atoms with van der Waals surface area (Å²) in [5, 5.41) is 11.6. The lowest BCUT2D eigenvalue weighted by Gasteiger charge is -2.10. The van der Waals surface area contributed by atoms with Crippen LogP contribution in [0.2, 0.25) is 0 Å². The van der Waals surface area contributed by atoms with Crippen molar-refractivity contribution in [2.24, 2.45) is 0 Å². The molecular weight excluding hydrogens is 296 g/mol. The van der Waals surface area contributed by atoms with E-state index in [-0.39, 0.29) is 0 Å². The maximum atomic E-state index is 12.6. The molecule has 2 aromatic heterocycles.